The van der Waals surface area contributed by atoms with Crippen molar-refractivity contribution in [3.05, 3.63) is 57.9 Å². The normalized spacial score (nSPS) is 10.6. The lowest BCUT2D eigenvalue weighted by atomic mass is 10.0. The Morgan fingerprint density at radius 2 is 1.68 bits per heavy atom. The summed E-state index contributed by atoms with van der Waals surface area (Å²) in [5, 5.41) is 0. The van der Waals surface area contributed by atoms with Crippen molar-refractivity contribution in [1.29, 1.82) is 0 Å². The molecule has 0 spiro atoms. The molecule has 0 aliphatic carbocycles. The predicted molar refractivity (Wildman–Crippen MR) is 108 cm³/mol. The van der Waals surface area contributed by atoms with E-state index in [0.717, 1.165) is 12.0 Å². The number of nitrogens with one attached hydrogen (secondary N) is 1. The number of aromatic amines is 1. The summed E-state index contributed by atoms with van der Waals surface area (Å²) in [7, 11) is 0. The summed E-state index contributed by atoms with van der Waals surface area (Å²) in [4.78, 5) is 42.2. The molecular weight excluding hydrogens is 356 g/mol. The van der Waals surface area contributed by atoms with Crippen molar-refractivity contribution < 1.29 is 19.1 Å². The molecule has 1 N–H and O–H groups in total. The van der Waals surface area contributed by atoms with Gasteiger partial charge in [0.1, 0.15) is 5.69 Å². The molecule has 1 aromatic heterocycles. The first-order valence-electron chi connectivity index (χ1n) is 9.61. The van der Waals surface area contributed by atoms with Gasteiger partial charge >= 0.3 is 5.97 Å². The number of hydrogen-bond donors (Lipinski definition) is 1. The van der Waals surface area contributed by atoms with Gasteiger partial charge in [-0.25, -0.2) is 4.79 Å². The number of amides is 1. The zero-order valence-electron chi connectivity index (χ0n) is 17.2. The van der Waals surface area contributed by atoms with Crippen molar-refractivity contribution in [2.24, 2.45) is 0 Å². The van der Waals surface area contributed by atoms with Gasteiger partial charge in [-0.05, 0) is 57.4 Å². The Labute approximate surface area is 165 Å². The Hall–Kier alpha value is -2.89. The molecule has 0 aliphatic heterocycles. The van der Waals surface area contributed by atoms with Crippen molar-refractivity contribution in [1.82, 2.24) is 9.88 Å². The van der Waals surface area contributed by atoms with Crippen LogP contribution in [0.25, 0.3) is 0 Å². The van der Waals surface area contributed by atoms with Crippen LogP contribution in [-0.2, 0) is 11.2 Å². The van der Waals surface area contributed by atoms with E-state index in [1.54, 1.807) is 32.9 Å². The average Bonchev–Trinajstić information content (AvgIpc) is 3.00. The second-order valence-electron chi connectivity index (χ2n) is 6.64. The zero-order chi connectivity index (χ0) is 20.8. The number of rotatable bonds is 8. The Balaban J connectivity index is 2.22. The van der Waals surface area contributed by atoms with Crippen LogP contribution in [0, 0.1) is 13.8 Å². The van der Waals surface area contributed by atoms with E-state index in [1.807, 2.05) is 19.1 Å². The average molecular weight is 384 g/mol. The molecule has 28 heavy (non-hydrogen) atoms. The third kappa shape index (κ3) is 4.50. The third-order valence-electron chi connectivity index (χ3n) is 4.81. The van der Waals surface area contributed by atoms with Gasteiger partial charge in [0.2, 0.25) is 0 Å². The molecule has 0 saturated heterocycles. The minimum Gasteiger partial charge on any atom is -0.461 e. The van der Waals surface area contributed by atoms with E-state index in [-0.39, 0.29) is 30.5 Å². The SMILES string of the molecule is CCOC(=O)c1[nH]c(C)c(C(=O)CN(CC)C(=O)c2ccc(CC)cc2)c1C. The molecule has 0 atom stereocenters. The second kappa shape index (κ2) is 9.35. The van der Waals surface area contributed by atoms with Crippen LogP contribution in [-0.4, -0.2) is 47.2 Å². The molecule has 6 nitrogen and oxygen atoms in total. The fraction of sp³-hybridized carbons (Fsp3) is 0.409. The smallest absolute Gasteiger partial charge is 0.355 e. The Bertz CT molecular complexity index is 865. The van der Waals surface area contributed by atoms with E-state index in [4.69, 9.17) is 4.74 Å². The number of carbonyl (C=O) groups is 3. The summed E-state index contributed by atoms with van der Waals surface area (Å²) < 4.78 is 5.03. The van der Waals surface area contributed by atoms with Crippen molar-refractivity contribution in [2.75, 3.05) is 19.7 Å². The van der Waals surface area contributed by atoms with Crippen LogP contribution >= 0.6 is 0 Å². The van der Waals surface area contributed by atoms with Crippen molar-refractivity contribution >= 4 is 17.7 Å². The molecule has 2 aromatic rings. The molecule has 0 aliphatic rings. The number of aryl methyl sites for hydroxylation is 2. The number of aromatic nitrogens is 1. The molecule has 0 saturated carbocycles. The van der Waals surface area contributed by atoms with Crippen LogP contribution in [0.3, 0.4) is 0 Å². The van der Waals surface area contributed by atoms with E-state index in [1.165, 1.54) is 4.90 Å². The van der Waals surface area contributed by atoms with Gasteiger partial charge in [-0.15, -0.1) is 0 Å². The van der Waals surface area contributed by atoms with Crippen molar-refractivity contribution in [3.63, 3.8) is 0 Å². The fourth-order valence-electron chi connectivity index (χ4n) is 3.22. The number of ether oxygens (including phenoxy) is 1. The number of ketones is 1. The fourth-order valence-corrected chi connectivity index (χ4v) is 3.22. The number of esters is 1. The predicted octanol–water partition coefficient (Wildman–Crippen LogP) is 3.72. The summed E-state index contributed by atoms with van der Waals surface area (Å²) in [6.45, 7) is 9.70. The second-order valence-corrected chi connectivity index (χ2v) is 6.64. The van der Waals surface area contributed by atoms with Crippen LogP contribution in [0.2, 0.25) is 0 Å². The van der Waals surface area contributed by atoms with Gasteiger partial charge < -0.3 is 14.6 Å². The van der Waals surface area contributed by atoms with Gasteiger partial charge in [-0.1, -0.05) is 19.1 Å². The summed E-state index contributed by atoms with van der Waals surface area (Å²) in [6.07, 6.45) is 0.902. The Kier molecular flexibility index (Phi) is 7.15. The minimum absolute atomic E-state index is 0.0489. The quantitative estimate of drug-likeness (QED) is 0.556. The highest BCUT2D eigenvalue weighted by Gasteiger charge is 2.25. The lowest BCUT2D eigenvalue weighted by Crippen LogP contribution is -2.35. The van der Waals surface area contributed by atoms with Gasteiger partial charge in [-0.3, -0.25) is 9.59 Å². The highest BCUT2D eigenvalue weighted by molar-refractivity contribution is 6.05. The first-order chi connectivity index (χ1) is 13.3. The van der Waals surface area contributed by atoms with Gasteiger partial charge in [0.05, 0.1) is 13.2 Å². The van der Waals surface area contributed by atoms with Gasteiger partial charge in [0, 0.05) is 23.4 Å². The van der Waals surface area contributed by atoms with E-state index in [9.17, 15) is 14.4 Å². The van der Waals surface area contributed by atoms with E-state index in [2.05, 4.69) is 11.9 Å². The number of likely N-dealkylation sites (N-methyl/N-ethyl adjacent to an activating group) is 1. The molecular formula is C22H28N2O4. The first-order valence-corrected chi connectivity index (χ1v) is 9.61. The first kappa shape index (κ1) is 21.4. The largest absolute Gasteiger partial charge is 0.461 e. The van der Waals surface area contributed by atoms with Gasteiger partial charge in [0.25, 0.3) is 5.91 Å². The van der Waals surface area contributed by atoms with Crippen LogP contribution in [0.4, 0.5) is 0 Å². The molecule has 0 radical (unpaired) electrons. The van der Waals surface area contributed by atoms with E-state index >= 15 is 0 Å². The lowest BCUT2D eigenvalue weighted by Gasteiger charge is -2.20. The van der Waals surface area contributed by atoms with E-state index in [0.29, 0.717) is 28.9 Å². The Morgan fingerprint density at radius 3 is 2.21 bits per heavy atom. The standard InChI is InChI=1S/C22H28N2O4/c1-6-16-9-11-17(12-10-16)21(26)24(7-2)13-18(25)19-14(4)20(23-15(19)5)22(27)28-8-3/h9-12,23H,6-8,13H2,1-5H3. The Morgan fingerprint density at radius 1 is 1.04 bits per heavy atom. The van der Waals surface area contributed by atoms with Crippen LogP contribution in [0.5, 0.6) is 0 Å². The molecule has 0 fully saturated rings. The maximum Gasteiger partial charge on any atom is 0.355 e. The maximum absolute atomic E-state index is 12.9. The number of benzene rings is 1. The molecule has 6 heteroatoms. The molecule has 1 aromatic carbocycles. The molecule has 0 bridgehead atoms. The number of hydrogen-bond acceptors (Lipinski definition) is 4. The lowest BCUT2D eigenvalue weighted by molar-refractivity contribution is 0.0519. The van der Waals surface area contributed by atoms with Crippen LogP contribution in [0.1, 0.15) is 68.8 Å². The summed E-state index contributed by atoms with van der Waals surface area (Å²) >= 11 is 0. The zero-order valence-corrected chi connectivity index (χ0v) is 17.2. The number of carbonyl (C=O) groups excluding carboxylic acids is 3. The summed E-state index contributed by atoms with van der Waals surface area (Å²) in [6, 6.07) is 7.43. The highest BCUT2D eigenvalue weighted by atomic mass is 16.5. The van der Waals surface area contributed by atoms with Gasteiger partial charge in [0.15, 0.2) is 5.78 Å². The van der Waals surface area contributed by atoms with E-state index < -0.39 is 5.97 Å². The third-order valence-corrected chi connectivity index (χ3v) is 4.81. The highest BCUT2D eigenvalue weighted by Crippen LogP contribution is 2.20. The van der Waals surface area contributed by atoms with Crippen LogP contribution < -0.4 is 0 Å². The van der Waals surface area contributed by atoms with Crippen molar-refractivity contribution in [3.8, 4) is 0 Å². The van der Waals surface area contributed by atoms with Gasteiger partial charge in [-0.2, -0.15) is 0 Å². The van der Waals surface area contributed by atoms with Crippen molar-refractivity contribution in [2.45, 2.75) is 41.0 Å². The number of nitrogens with zero attached hydrogens (tertiary/aromatic N) is 1. The van der Waals surface area contributed by atoms with Crippen LogP contribution in [0.15, 0.2) is 24.3 Å². The molecule has 1 amide bonds. The monoisotopic (exact) mass is 384 g/mol. The summed E-state index contributed by atoms with van der Waals surface area (Å²) in [5.74, 6) is -0.876. The number of H-pyrrole nitrogens is 1. The maximum atomic E-state index is 12.9. The molecule has 1 heterocycles. The summed E-state index contributed by atoms with van der Waals surface area (Å²) in [5.41, 5.74) is 3.59. The minimum atomic E-state index is -0.485. The number of Topliss-reactive ketones (excluding diaryl/α,β-unsaturated/α-hetero) is 1. The molecule has 150 valence electrons. The topological polar surface area (TPSA) is 79.5 Å². The molecule has 2 rings (SSSR count). The molecule has 0 unspecified atom stereocenters.